The van der Waals surface area contributed by atoms with E-state index in [1.54, 1.807) is 0 Å². The van der Waals surface area contributed by atoms with Gasteiger partial charge in [0.2, 0.25) is 5.89 Å². The average molecular weight is 344 g/mol. The maximum Gasteiger partial charge on any atom is 0.240 e. The SMILES string of the molecule is CN(CCN1CCN(Cc2noc(CN)n2)CC1)Cc1ccccc1. The van der Waals surface area contributed by atoms with Crippen molar-refractivity contribution < 1.29 is 4.52 Å². The van der Waals surface area contributed by atoms with Gasteiger partial charge >= 0.3 is 0 Å². The molecule has 1 aliphatic heterocycles. The van der Waals surface area contributed by atoms with Crippen molar-refractivity contribution in [2.24, 2.45) is 5.73 Å². The van der Waals surface area contributed by atoms with E-state index in [0.717, 1.165) is 58.2 Å². The van der Waals surface area contributed by atoms with Crippen molar-refractivity contribution >= 4 is 0 Å². The van der Waals surface area contributed by atoms with E-state index < -0.39 is 0 Å². The van der Waals surface area contributed by atoms with Crippen LogP contribution < -0.4 is 5.73 Å². The molecule has 3 rings (SSSR count). The monoisotopic (exact) mass is 344 g/mol. The van der Waals surface area contributed by atoms with Gasteiger partial charge in [0.15, 0.2) is 5.82 Å². The molecule has 0 atom stereocenters. The van der Waals surface area contributed by atoms with Crippen molar-refractivity contribution in [2.45, 2.75) is 19.6 Å². The predicted octanol–water partition coefficient (Wildman–Crippen LogP) is 0.778. The van der Waals surface area contributed by atoms with E-state index in [0.29, 0.717) is 12.4 Å². The number of hydrogen-bond acceptors (Lipinski definition) is 7. The highest BCUT2D eigenvalue weighted by Gasteiger charge is 2.19. The Morgan fingerprint density at radius 2 is 1.84 bits per heavy atom. The lowest BCUT2D eigenvalue weighted by Crippen LogP contribution is -2.47. The first kappa shape index (κ1) is 18.0. The first-order valence-corrected chi connectivity index (χ1v) is 8.91. The summed E-state index contributed by atoms with van der Waals surface area (Å²) in [7, 11) is 2.19. The van der Waals surface area contributed by atoms with Gasteiger partial charge in [0.05, 0.1) is 13.1 Å². The molecule has 0 bridgehead atoms. The van der Waals surface area contributed by atoms with E-state index in [2.05, 4.69) is 62.2 Å². The molecular formula is C18H28N6O. The third-order valence-electron chi connectivity index (χ3n) is 4.61. The summed E-state index contributed by atoms with van der Waals surface area (Å²) in [5.74, 6) is 1.24. The number of nitrogens with zero attached hydrogens (tertiary/aromatic N) is 5. The van der Waals surface area contributed by atoms with Crippen molar-refractivity contribution in [2.75, 3.05) is 46.3 Å². The van der Waals surface area contributed by atoms with Gasteiger partial charge in [-0.15, -0.1) is 0 Å². The topological polar surface area (TPSA) is 74.7 Å². The van der Waals surface area contributed by atoms with E-state index in [1.165, 1.54) is 5.56 Å². The Morgan fingerprint density at radius 1 is 1.12 bits per heavy atom. The summed E-state index contributed by atoms with van der Waals surface area (Å²) in [6, 6.07) is 10.6. The molecule has 2 N–H and O–H groups in total. The van der Waals surface area contributed by atoms with Gasteiger partial charge < -0.3 is 15.2 Å². The zero-order chi connectivity index (χ0) is 17.5. The van der Waals surface area contributed by atoms with Gasteiger partial charge in [-0.1, -0.05) is 35.5 Å². The van der Waals surface area contributed by atoms with Crippen LogP contribution in [0.5, 0.6) is 0 Å². The number of aromatic nitrogens is 2. The summed E-state index contributed by atoms with van der Waals surface area (Å²) >= 11 is 0. The second-order valence-corrected chi connectivity index (χ2v) is 6.65. The maximum atomic E-state index is 5.50. The Morgan fingerprint density at radius 3 is 2.52 bits per heavy atom. The number of hydrogen-bond donors (Lipinski definition) is 1. The number of piperazine rings is 1. The molecule has 1 aliphatic rings. The summed E-state index contributed by atoms with van der Waals surface area (Å²) in [4.78, 5) is 11.6. The summed E-state index contributed by atoms with van der Waals surface area (Å²) in [6.45, 7) is 8.48. The van der Waals surface area contributed by atoms with Gasteiger partial charge in [0, 0.05) is 45.8 Å². The number of nitrogens with two attached hydrogens (primary N) is 1. The molecule has 25 heavy (non-hydrogen) atoms. The fourth-order valence-electron chi connectivity index (χ4n) is 3.09. The molecule has 2 aromatic rings. The van der Waals surface area contributed by atoms with E-state index >= 15 is 0 Å². The Labute approximate surface area is 149 Å². The molecule has 0 spiro atoms. The molecule has 1 fully saturated rings. The lowest BCUT2D eigenvalue weighted by Gasteiger charge is -2.34. The summed E-state index contributed by atoms with van der Waals surface area (Å²) in [5.41, 5.74) is 6.87. The third-order valence-corrected chi connectivity index (χ3v) is 4.61. The molecule has 7 nitrogen and oxygen atoms in total. The van der Waals surface area contributed by atoms with Crippen molar-refractivity contribution in [3.63, 3.8) is 0 Å². The summed E-state index contributed by atoms with van der Waals surface area (Å²) in [5, 5.41) is 3.97. The second kappa shape index (κ2) is 9.05. The van der Waals surface area contributed by atoms with Crippen LogP contribution in [0.1, 0.15) is 17.3 Å². The van der Waals surface area contributed by atoms with Crippen LogP contribution in [0.4, 0.5) is 0 Å². The van der Waals surface area contributed by atoms with Gasteiger partial charge in [-0.05, 0) is 12.6 Å². The normalized spacial score (nSPS) is 16.6. The minimum atomic E-state index is 0.303. The minimum absolute atomic E-state index is 0.303. The summed E-state index contributed by atoms with van der Waals surface area (Å²) < 4.78 is 5.06. The van der Waals surface area contributed by atoms with E-state index in [4.69, 9.17) is 10.3 Å². The molecule has 0 aliphatic carbocycles. The number of rotatable bonds is 8. The van der Waals surface area contributed by atoms with Crippen molar-refractivity contribution in [3.8, 4) is 0 Å². The quantitative estimate of drug-likeness (QED) is 0.758. The van der Waals surface area contributed by atoms with Crippen LogP contribution in [-0.2, 0) is 19.6 Å². The fourth-order valence-corrected chi connectivity index (χ4v) is 3.09. The predicted molar refractivity (Wildman–Crippen MR) is 96.7 cm³/mol. The molecule has 1 aromatic carbocycles. The lowest BCUT2D eigenvalue weighted by molar-refractivity contribution is 0.114. The highest BCUT2D eigenvalue weighted by atomic mass is 16.5. The van der Waals surface area contributed by atoms with Crippen LogP contribution in [-0.4, -0.2) is 71.2 Å². The van der Waals surface area contributed by atoms with Crippen LogP contribution in [0, 0.1) is 0 Å². The van der Waals surface area contributed by atoms with Crippen molar-refractivity contribution in [1.82, 2.24) is 24.8 Å². The summed E-state index contributed by atoms with van der Waals surface area (Å²) in [6.07, 6.45) is 0. The largest absolute Gasteiger partial charge is 0.338 e. The molecule has 136 valence electrons. The first-order valence-electron chi connectivity index (χ1n) is 8.91. The van der Waals surface area contributed by atoms with Crippen LogP contribution in [0.15, 0.2) is 34.9 Å². The van der Waals surface area contributed by atoms with Crippen molar-refractivity contribution in [1.29, 1.82) is 0 Å². The molecule has 0 amide bonds. The van der Waals surface area contributed by atoms with Gasteiger partial charge in [-0.25, -0.2) is 0 Å². The zero-order valence-electron chi connectivity index (χ0n) is 15.0. The Balaban J connectivity index is 1.34. The Bertz CT molecular complexity index is 624. The van der Waals surface area contributed by atoms with Gasteiger partial charge in [-0.3, -0.25) is 9.80 Å². The Kier molecular flexibility index (Phi) is 6.52. The number of likely N-dealkylation sites (N-methyl/N-ethyl adjacent to an activating group) is 1. The highest BCUT2D eigenvalue weighted by molar-refractivity contribution is 5.14. The van der Waals surface area contributed by atoms with Crippen LogP contribution in [0.25, 0.3) is 0 Å². The van der Waals surface area contributed by atoms with E-state index in [1.807, 2.05) is 0 Å². The standard InChI is InChI=1S/C18H28N6O/c1-22(14-16-5-3-2-4-6-16)7-8-23-9-11-24(12-10-23)15-17-20-18(13-19)25-21-17/h2-6H,7-15,19H2,1H3. The average Bonchev–Trinajstić information content (AvgIpc) is 3.10. The van der Waals surface area contributed by atoms with Crippen LogP contribution in [0.3, 0.4) is 0 Å². The van der Waals surface area contributed by atoms with Crippen molar-refractivity contribution in [3.05, 3.63) is 47.6 Å². The molecule has 1 saturated heterocycles. The lowest BCUT2D eigenvalue weighted by atomic mass is 10.2. The first-order chi connectivity index (χ1) is 12.2. The molecule has 2 heterocycles. The third kappa shape index (κ3) is 5.61. The zero-order valence-corrected chi connectivity index (χ0v) is 15.0. The molecule has 0 unspecified atom stereocenters. The fraction of sp³-hybridized carbons (Fsp3) is 0.556. The van der Waals surface area contributed by atoms with Gasteiger partial charge in [-0.2, -0.15) is 4.98 Å². The molecular weight excluding hydrogens is 316 g/mol. The second-order valence-electron chi connectivity index (χ2n) is 6.65. The van der Waals surface area contributed by atoms with Gasteiger partial charge in [0.25, 0.3) is 0 Å². The van der Waals surface area contributed by atoms with Gasteiger partial charge in [0.1, 0.15) is 0 Å². The van der Waals surface area contributed by atoms with Crippen LogP contribution >= 0.6 is 0 Å². The molecule has 7 heteroatoms. The smallest absolute Gasteiger partial charge is 0.240 e. The number of benzene rings is 1. The maximum absolute atomic E-state index is 5.50. The van der Waals surface area contributed by atoms with E-state index in [-0.39, 0.29) is 0 Å². The highest BCUT2D eigenvalue weighted by Crippen LogP contribution is 2.07. The Hall–Kier alpha value is -1.80. The minimum Gasteiger partial charge on any atom is -0.338 e. The van der Waals surface area contributed by atoms with Crippen LogP contribution in [0.2, 0.25) is 0 Å². The molecule has 0 radical (unpaired) electrons. The molecule has 1 aromatic heterocycles. The molecule has 0 saturated carbocycles. The van der Waals surface area contributed by atoms with E-state index in [9.17, 15) is 0 Å².